The van der Waals surface area contributed by atoms with Crippen LogP contribution in [0.1, 0.15) is 0 Å². The Hall–Kier alpha value is -1.90. The van der Waals surface area contributed by atoms with Gasteiger partial charge in [-0.1, -0.05) is 17.7 Å². The summed E-state index contributed by atoms with van der Waals surface area (Å²) in [7, 11) is 0. The van der Waals surface area contributed by atoms with Crippen molar-refractivity contribution in [2.45, 2.75) is 0 Å². The molecule has 0 aromatic rings. The van der Waals surface area contributed by atoms with Gasteiger partial charge in [0, 0.05) is 29.7 Å². The van der Waals surface area contributed by atoms with E-state index < -0.39 is 0 Å². The van der Waals surface area contributed by atoms with Crippen LogP contribution in [0.3, 0.4) is 0 Å². The molecule has 1 saturated carbocycles. The van der Waals surface area contributed by atoms with Crippen LogP contribution in [-0.4, -0.2) is 15.3 Å². The minimum absolute atomic E-state index is 0.0890. The minimum atomic E-state index is -0.0944. The third kappa shape index (κ3) is 0.931. The fourth-order valence-electron chi connectivity index (χ4n) is 3.56. The molecule has 86 valence electrons. The fourth-order valence-corrected chi connectivity index (χ4v) is 3.56. The molecule has 3 N–H and O–H groups in total. The number of hydrogen-bond acceptors (Lipinski definition) is 3. The van der Waals surface area contributed by atoms with Crippen LogP contribution in [-0.2, 0) is 0 Å². The maximum absolute atomic E-state index is 10.0. The third-order valence-electron chi connectivity index (χ3n) is 4.35. The van der Waals surface area contributed by atoms with Crippen LogP contribution in [0, 0.1) is 23.7 Å². The Labute approximate surface area is 98.4 Å². The van der Waals surface area contributed by atoms with E-state index in [1.807, 2.05) is 12.2 Å². The van der Waals surface area contributed by atoms with Crippen molar-refractivity contribution in [3.63, 3.8) is 0 Å². The van der Waals surface area contributed by atoms with Crippen molar-refractivity contribution in [1.82, 2.24) is 0 Å². The van der Waals surface area contributed by atoms with Gasteiger partial charge in [-0.05, 0) is 17.7 Å². The van der Waals surface area contributed by atoms with Crippen molar-refractivity contribution in [2.24, 2.45) is 23.7 Å². The van der Waals surface area contributed by atoms with E-state index in [0.29, 0.717) is 11.7 Å². The molecule has 0 saturated heterocycles. The van der Waals surface area contributed by atoms with Gasteiger partial charge in [0.25, 0.3) is 0 Å². The van der Waals surface area contributed by atoms with E-state index in [1.54, 1.807) is 6.08 Å². The summed E-state index contributed by atoms with van der Waals surface area (Å²) in [5.41, 5.74) is 2.21. The third-order valence-corrected chi connectivity index (χ3v) is 4.35. The van der Waals surface area contributed by atoms with Gasteiger partial charge >= 0.3 is 0 Å². The van der Waals surface area contributed by atoms with Crippen molar-refractivity contribution in [3.8, 4) is 0 Å². The number of aliphatic hydroxyl groups excluding tert-OH is 3. The molecule has 0 aromatic carbocycles. The highest BCUT2D eigenvalue weighted by Crippen LogP contribution is 2.62. The summed E-state index contributed by atoms with van der Waals surface area (Å²) in [6.45, 7) is 0. The van der Waals surface area contributed by atoms with Gasteiger partial charge in [0.05, 0.1) is 5.76 Å². The van der Waals surface area contributed by atoms with Gasteiger partial charge in [-0.15, -0.1) is 0 Å². The van der Waals surface area contributed by atoms with E-state index in [1.165, 1.54) is 11.6 Å². The van der Waals surface area contributed by atoms with Crippen LogP contribution in [0.25, 0.3) is 0 Å². The molecule has 0 radical (unpaired) electrons. The lowest BCUT2D eigenvalue weighted by Gasteiger charge is -2.56. The molecule has 0 spiro atoms. The first-order chi connectivity index (χ1) is 8.16. The molecule has 0 aromatic heterocycles. The van der Waals surface area contributed by atoms with Crippen LogP contribution in [0.5, 0.6) is 0 Å². The predicted octanol–water partition coefficient (Wildman–Crippen LogP) is 2.68. The lowest BCUT2D eigenvalue weighted by molar-refractivity contribution is 0.0902. The van der Waals surface area contributed by atoms with Gasteiger partial charge < -0.3 is 15.3 Å². The van der Waals surface area contributed by atoms with Crippen LogP contribution >= 0.6 is 0 Å². The zero-order valence-corrected chi connectivity index (χ0v) is 9.04. The van der Waals surface area contributed by atoms with Crippen molar-refractivity contribution in [3.05, 3.63) is 58.8 Å². The lowest BCUT2D eigenvalue weighted by atomic mass is 9.48. The number of aliphatic hydroxyl groups is 3. The van der Waals surface area contributed by atoms with Gasteiger partial charge in [-0.2, -0.15) is 0 Å². The molecule has 0 amide bonds. The first-order valence-corrected chi connectivity index (χ1v) is 5.80. The second-order valence-corrected chi connectivity index (χ2v) is 5.12. The van der Waals surface area contributed by atoms with Crippen LogP contribution in [0.2, 0.25) is 0 Å². The number of rotatable bonds is 0. The van der Waals surface area contributed by atoms with Gasteiger partial charge in [0.15, 0.2) is 0 Å². The van der Waals surface area contributed by atoms with E-state index in [0.717, 1.165) is 5.57 Å². The molecule has 3 heteroatoms. The minimum Gasteiger partial charge on any atom is -0.512 e. The Morgan fingerprint density at radius 3 is 2.47 bits per heavy atom. The quantitative estimate of drug-likeness (QED) is 0.597. The molecule has 4 aliphatic rings. The standard InChI is InChI=1S/C14H12O3/c15-7-3-6-1-2-8-9-5-11(17)13(9)14(8)12(6)10(16)4-7/h1-5,9,12-17H. The predicted molar refractivity (Wildman–Crippen MR) is 62.3 cm³/mol. The van der Waals surface area contributed by atoms with E-state index in [2.05, 4.69) is 6.08 Å². The van der Waals surface area contributed by atoms with Crippen LogP contribution in [0.4, 0.5) is 0 Å². The Morgan fingerprint density at radius 2 is 1.71 bits per heavy atom. The van der Waals surface area contributed by atoms with Crippen molar-refractivity contribution < 1.29 is 15.3 Å². The molecule has 0 bridgehead atoms. The van der Waals surface area contributed by atoms with Gasteiger partial charge in [-0.25, -0.2) is 0 Å². The summed E-state index contributed by atoms with van der Waals surface area (Å²) in [5.74, 6) is 1.35. The molecule has 4 aliphatic carbocycles. The van der Waals surface area contributed by atoms with Crippen molar-refractivity contribution in [2.75, 3.05) is 0 Å². The highest BCUT2D eigenvalue weighted by molar-refractivity contribution is 5.53. The smallest absolute Gasteiger partial charge is 0.119 e. The van der Waals surface area contributed by atoms with E-state index in [9.17, 15) is 15.3 Å². The maximum Gasteiger partial charge on any atom is 0.119 e. The molecule has 3 nitrogen and oxygen atoms in total. The Morgan fingerprint density at radius 1 is 0.882 bits per heavy atom. The Bertz CT molecular complexity index is 574. The topological polar surface area (TPSA) is 60.7 Å². The molecular formula is C14H12O3. The Balaban J connectivity index is 1.81. The summed E-state index contributed by atoms with van der Waals surface area (Å²) < 4.78 is 0. The fraction of sp³-hybridized carbons (Fsp3) is 0.286. The Kier molecular flexibility index (Phi) is 1.44. The highest BCUT2D eigenvalue weighted by atomic mass is 16.3. The monoisotopic (exact) mass is 228 g/mol. The van der Waals surface area contributed by atoms with Crippen molar-refractivity contribution in [1.29, 1.82) is 0 Å². The molecule has 0 heterocycles. The second kappa shape index (κ2) is 2.67. The average molecular weight is 228 g/mol. The van der Waals surface area contributed by atoms with Gasteiger partial charge in [0.2, 0.25) is 0 Å². The number of allylic oxidation sites excluding steroid dienone is 8. The highest BCUT2D eigenvalue weighted by Gasteiger charge is 2.57. The van der Waals surface area contributed by atoms with Gasteiger partial charge in [0.1, 0.15) is 11.5 Å². The lowest BCUT2D eigenvalue weighted by Crippen LogP contribution is -2.51. The normalized spacial score (nSPS) is 41.1. The number of fused-ring (bicyclic) bond motifs is 6. The SMILES string of the molecule is OC1=CC2=CC=C3C4C=C(O)C4C3C2C(O)=C1. The van der Waals surface area contributed by atoms with E-state index >= 15 is 0 Å². The number of hydrogen-bond donors (Lipinski definition) is 3. The molecule has 4 atom stereocenters. The first kappa shape index (κ1) is 9.16. The molecule has 1 fully saturated rings. The summed E-state index contributed by atoms with van der Waals surface area (Å²) in [6.07, 6.45) is 8.98. The van der Waals surface area contributed by atoms with Crippen LogP contribution < -0.4 is 0 Å². The molecule has 4 unspecified atom stereocenters. The molecule has 4 rings (SSSR count). The molecular weight excluding hydrogens is 216 g/mol. The average Bonchev–Trinajstić information content (AvgIpc) is 2.24. The van der Waals surface area contributed by atoms with Crippen molar-refractivity contribution >= 4 is 0 Å². The summed E-state index contributed by atoms with van der Waals surface area (Å²) >= 11 is 0. The van der Waals surface area contributed by atoms with E-state index in [4.69, 9.17) is 0 Å². The summed E-state index contributed by atoms with van der Waals surface area (Å²) in [5, 5.41) is 29.1. The first-order valence-electron chi connectivity index (χ1n) is 5.80. The van der Waals surface area contributed by atoms with Crippen LogP contribution in [0.15, 0.2) is 58.8 Å². The largest absolute Gasteiger partial charge is 0.512 e. The second-order valence-electron chi connectivity index (χ2n) is 5.12. The molecule has 0 aliphatic heterocycles. The zero-order chi connectivity index (χ0) is 11.7. The maximum atomic E-state index is 10.0. The molecule has 17 heavy (non-hydrogen) atoms. The zero-order valence-electron chi connectivity index (χ0n) is 9.04. The van der Waals surface area contributed by atoms with Gasteiger partial charge in [-0.3, -0.25) is 0 Å². The summed E-state index contributed by atoms with van der Waals surface area (Å²) in [6, 6.07) is 0. The summed E-state index contributed by atoms with van der Waals surface area (Å²) in [4.78, 5) is 0. The van der Waals surface area contributed by atoms with E-state index in [-0.39, 0.29) is 29.3 Å².